The van der Waals surface area contributed by atoms with E-state index in [-0.39, 0.29) is 5.75 Å². The van der Waals surface area contributed by atoms with Crippen molar-refractivity contribution < 1.29 is 13.5 Å². The molecule has 0 aliphatic heterocycles. The average molecular weight is 356 g/mol. The van der Waals surface area contributed by atoms with Gasteiger partial charge in [0.2, 0.25) is 5.82 Å². The maximum Gasteiger partial charge on any atom is 0.201 e. The molecule has 0 unspecified atom stereocenters. The van der Waals surface area contributed by atoms with Crippen LogP contribution in [0.1, 0.15) is 19.4 Å². The summed E-state index contributed by atoms with van der Waals surface area (Å²) in [5, 5.41) is 3.29. The molecular weight excluding hydrogens is 340 g/mol. The van der Waals surface area contributed by atoms with Crippen LogP contribution in [0.5, 0.6) is 11.5 Å². The van der Waals surface area contributed by atoms with E-state index in [0.717, 1.165) is 11.6 Å². The Hall–Kier alpha value is -1.46. The van der Waals surface area contributed by atoms with E-state index in [2.05, 4.69) is 35.1 Å². The number of ether oxygens (including phenoxy) is 1. The summed E-state index contributed by atoms with van der Waals surface area (Å²) in [6.45, 7) is 4.80. The molecule has 2 aromatic carbocycles. The molecule has 5 heteroatoms. The van der Waals surface area contributed by atoms with Gasteiger partial charge in [0.25, 0.3) is 0 Å². The van der Waals surface area contributed by atoms with E-state index in [9.17, 15) is 8.78 Å². The fourth-order valence-corrected chi connectivity index (χ4v) is 2.18. The molecule has 0 spiro atoms. The van der Waals surface area contributed by atoms with Crippen LogP contribution in [0, 0.1) is 11.6 Å². The Kier molecular flexibility index (Phi) is 5.31. The first-order valence-electron chi connectivity index (χ1n) is 6.60. The van der Waals surface area contributed by atoms with E-state index in [1.807, 2.05) is 12.1 Å². The van der Waals surface area contributed by atoms with Gasteiger partial charge in [-0.1, -0.05) is 41.9 Å². The van der Waals surface area contributed by atoms with E-state index in [4.69, 9.17) is 4.74 Å². The summed E-state index contributed by atoms with van der Waals surface area (Å²) in [6.07, 6.45) is 0. The van der Waals surface area contributed by atoms with Gasteiger partial charge < -0.3 is 10.1 Å². The Labute approximate surface area is 131 Å². The van der Waals surface area contributed by atoms with E-state index in [0.29, 0.717) is 22.8 Å². The molecule has 2 nitrogen and oxygen atoms in total. The molecule has 21 heavy (non-hydrogen) atoms. The molecule has 0 aliphatic rings. The molecule has 0 bridgehead atoms. The third-order valence-corrected chi connectivity index (χ3v) is 3.26. The predicted octanol–water partition coefficient (Wildman–Crippen LogP) is 5.02. The fourth-order valence-electron chi connectivity index (χ4n) is 1.77. The van der Waals surface area contributed by atoms with Gasteiger partial charge in [-0.25, -0.2) is 4.39 Å². The van der Waals surface area contributed by atoms with Crippen molar-refractivity contribution in [3.63, 3.8) is 0 Å². The zero-order valence-electron chi connectivity index (χ0n) is 11.8. The minimum atomic E-state index is -0.996. The topological polar surface area (TPSA) is 21.3 Å². The van der Waals surface area contributed by atoms with Gasteiger partial charge >= 0.3 is 0 Å². The first-order valence-corrected chi connectivity index (χ1v) is 7.39. The number of rotatable bonds is 5. The highest BCUT2D eigenvalue weighted by atomic mass is 79.9. The van der Waals surface area contributed by atoms with Crippen LogP contribution < -0.4 is 10.1 Å². The summed E-state index contributed by atoms with van der Waals surface area (Å²) >= 11 is 3.12. The van der Waals surface area contributed by atoms with Crippen molar-refractivity contribution in [3.8, 4) is 11.5 Å². The molecular formula is C16H16BrF2NO. The van der Waals surface area contributed by atoms with Crippen LogP contribution in [0.25, 0.3) is 0 Å². The van der Waals surface area contributed by atoms with Crippen LogP contribution in [-0.4, -0.2) is 6.04 Å². The number of benzene rings is 2. The minimum absolute atomic E-state index is 0.143. The first-order chi connectivity index (χ1) is 9.95. The lowest BCUT2D eigenvalue weighted by Gasteiger charge is -2.11. The molecule has 0 aromatic heterocycles. The van der Waals surface area contributed by atoms with Crippen molar-refractivity contribution in [1.29, 1.82) is 0 Å². The number of nitrogens with one attached hydrogen (secondary N) is 1. The number of hydrogen-bond acceptors (Lipinski definition) is 2. The SMILES string of the molecule is CC(C)NCc1cccc(Oc2cc(Br)cc(F)c2F)c1. The summed E-state index contributed by atoms with van der Waals surface area (Å²) in [6, 6.07) is 10.1. The van der Waals surface area contributed by atoms with Crippen LogP contribution in [-0.2, 0) is 6.54 Å². The summed E-state index contributed by atoms with van der Waals surface area (Å²) in [5.74, 6) is -1.62. The third-order valence-electron chi connectivity index (χ3n) is 2.80. The summed E-state index contributed by atoms with van der Waals surface area (Å²) in [5.41, 5.74) is 1.01. The first kappa shape index (κ1) is 15.9. The van der Waals surface area contributed by atoms with Crippen LogP contribution in [0.2, 0.25) is 0 Å². The highest BCUT2D eigenvalue weighted by Gasteiger charge is 2.12. The summed E-state index contributed by atoms with van der Waals surface area (Å²) in [4.78, 5) is 0. The maximum absolute atomic E-state index is 13.7. The fraction of sp³-hybridized carbons (Fsp3) is 0.250. The minimum Gasteiger partial charge on any atom is -0.454 e. The van der Waals surface area contributed by atoms with Gasteiger partial charge in [-0.2, -0.15) is 4.39 Å². The second-order valence-corrected chi connectivity index (χ2v) is 5.90. The Bertz CT molecular complexity index is 632. The van der Waals surface area contributed by atoms with E-state index < -0.39 is 11.6 Å². The molecule has 0 atom stereocenters. The number of halogens is 3. The van der Waals surface area contributed by atoms with Gasteiger partial charge in [0, 0.05) is 17.1 Å². The summed E-state index contributed by atoms with van der Waals surface area (Å²) < 4.78 is 32.9. The smallest absolute Gasteiger partial charge is 0.201 e. The Morgan fingerprint density at radius 2 is 1.95 bits per heavy atom. The second-order valence-electron chi connectivity index (χ2n) is 4.98. The molecule has 112 valence electrons. The van der Waals surface area contributed by atoms with Crippen molar-refractivity contribution in [1.82, 2.24) is 5.32 Å². The molecule has 1 N–H and O–H groups in total. The van der Waals surface area contributed by atoms with E-state index >= 15 is 0 Å². The van der Waals surface area contributed by atoms with Crippen molar-refractivity contribution >= 4 is 15.9 Å². The molecule has 0 saturated heterocycles. The lowest BCUT2D eigenvalue weighted by atomic mass is 10.2. The standard InChI is InChI=1S/C16H16BrF2NO/c1-10(2)20-9-11-4-3-5-13(6-11)21-15-8-12(17)7-14(18)16(15)19/h3-8,10,20H,9H2,1-2H3. The predicted molar refractivity (Wildman–Crippen MR) is 82.5 cm³/mol. The molecule has 0 amide bonds. The highest BCUT2D eigenvalue weighted by Crippen LogP contribution is 2.29. The average Bonchev–Trinajstić information content (AvgIpc) is 2.42. The van der Waals surface area contributed by atoms with Crippen molar-refractivity contribution in [3.05, 3.63) is 58.1 Å². The van der Waals surface area contributed by atoms with Crippen molar-refractivity contribution in [2.45, 2.75) is 26.4 Å². The van der Waals surface area contributed by atoms with Gasteiger partial charge in [0.05, 0.1) is 0 Å². The van der Waals surface area contributed by atoms with Crippen LogP contribution in [0.15, 0.2) is 40.9 Å². The normalized spacial score (nSPS) is 11.0. The summed E-state index contributed by atoms with van der Waals surface area (Å²) in [7, 11) is 0. The van der Waals surface area contributed by atoms with Gasteiger partial charge in [-0.3, -0.25) is 0 Å². The van der Waals surface area contributed by atoms with E-state index in [1.54, 1.807) is 12.1 Å². The Morgan fingerprint density at radius 1 is 1.19 bits per heavy atom. The molecule has 0 heterocycles. The highest BCUT2D eigenvalue weighted by molar-refractivity contribution is 9.10. The maximum atomic E-state index is 13.7. The van der Waals surface area contributed by atoms with Crippen LogP contribution in [0.3, 0.4) is 0 Å². The van der Waals surface area contributed by atoms with Crippen LogP contribution in [0.4, 0.5) is 8.78 Å². The zero-order chi connectivity index (χ0) is 15.4. The van der Waals surface area contributed by atoms with Gasteiger partial charge in [0.15, 0.2) is 11.6 Å². The Morgan fingerprint density at radius 3 is 2.67 bits per heavy atom. The zero-order valence-corrected chi connectivity index (χ0v) is 13.4. The molecule has 2 rings (SSSR count). The molecule has 0 saturated carbocycles. The van der Waals surface area contributed by atoms with Gasteiger partial charge in [-0.05, 0) is 29.8 Å². The number of hydrogen-bond donors (Lipinski definition) is 1. The quantitative estimate of drug-likeness (QED) is 0.760. The lowest BCUT2D eigenvalue weighted by Crippen LogP contribution is -2.21. The van der Waals surface area contributed by atoms with Gasteiger partial charge in [0.1, 0.15) is 5.75 Å². The second kappa shape index (κ2) is 7.00. The third kappa shape index (κ3) is 4.51. The molecule has 2 aromatic rings. The largest absolute Gasteiger partial charge is 0.454 e. The van der Waals surface area contributed by atoms with Crippen LogP contribution >= 0.6 is 15.9 Å². The Balaban J connectivity index is 2.18. The van der Waals surface area contributed by atoms with Crippen molar-refractivity contribution in [2.24, 2.45) is 0 Å². The lowest BCUT2D eigenvalue weighted by molar-refractivity contribution is 0.415. The van der Waals surface area contributed by atoms with E-state index in [1.165, 1.54) is 6.07 Å². The molecule has 0 aliphatic carbocycles. The molecule has 0 radical (unpaired) electrons. The molecule has 0 fully saturated rings. The monoisotopic (exact) mass is 355 g/mol. The van der Waals surface area contributed by atoms with Crippen molar-refractivity contribution in [2.75, 3.05) is 0 Å². The van der Waals surface area contributed by atoms with Gasteiger partial charge in [-0.15, -0.1) is 0 Å².